The van der Waals surface area contributed by atoms with E-state index in [1.165, 1.54) is 12.1 Å². The van der Waals surface area contributed by atoms with Crippen LogP contribution in [0, 0.1) is 5.82 Å². The van der Waals surface area contributed by atoms with Gasteiger partial charge in [0.25, 0.3) is 0 Å². The number of ether oxygens (including phenoxy) is 1. The fourth-order valence-electron chi connectivity index (χ4n) is 1.80. The third-order valence-electron chi connectivity index (χ3n) is 2.89. The molecular weight excluding hydrogens is 247 g/mol. The van der Waals surface area contributed by atoms with Crippen LogP contribution in [0.3, 0.4) is 0 Å². The maximum absolute atomic E-state index is 12.8. The summed E-state index contributed by atoms with van der Waals surface area (Å²) in [5, 5.41) is 0. The van der Waals surface area contributed by atoms with E-state index in [2.05, 4.69) is 0 Å². The minimum atomic E-state index is -0.513. The molecule has 0 aliphatic heterocycles. The largest absolute Gasteiger partial charge is 0.385 e. The maximum atomic E-state index is 12.8. The van der Waals surface area contributed by atoms with Crippen molar-refractivity contribution in [3.63, 3.8) is 0 Å². The second kappa shape index (κ2) is 7.86. The van der Waals surface area contributed by atoms with Crippen molar-refractivity contribution < 1.29 is 13.9 Å². The van der Waals surface area contributed by atoms with Crippen molar-refractivity contribution in [2.75, 3.05) is 20.8 Å². The normalized spacial score (nSPS) is 12.2. The molecule has 0 bridgehead atoms. The van der Waals surface area contributed by atoms with Crippen molar-refractivity contribution in [1.29, 1.82) is 0 Å². The van der Waals surface area contributed by atoms with Crippen LogP contribution in [0.25, 0.3) is 0 Å². The SMILES string of the molecule is COCCCC(N)C(=O)N(C)Cc1ccc(F)cc1. The predicted octanol–water partition coefficient (Wildman–Crippen LogP) is 1.54. The Kier molecular flexibility index (Phi) is 6.45. The predicted molar refractivity (Wildman–Crippen MR) is 72.0 cm³/mol. The van der Waals surface area contributed by atoms with Gasteiger partial charge in [0.05, 0.1) is 6.04 Å². The molecule has 1 amide bonds. The van der Waals surface area contributed by atoms with E-state index in [-0.39, 0.29) is 11.7 Å². The summed E-state index contributed by atoms with van der Waals surface area (Å²) in [5.74, 6) is -0.394. The number of methoxy groups -OCH3 is 1. The molecule has 1 rings (SSSR count). The number of amides is 1. The highest BCUT2D eigenvalue weighted by atomic mass is 19.1. The monoisotopic (exact) mass is 268 g/mol. The molecule has 0 spiro atoms. The van der Waals surface area contributed by atoms with Crippen LogP contribution in [0.15, 0.2) is 24.3 Å². The van der Waals surface area contributed by atoms with Crippen molar-refractivity contribution >= 4 is 5.91 Å². The van der Waals surface area contributed by atoms with E-state index in [1.54, 1.807) is 31.2 Å². The van der Waals surface area contributed by atoms with Crippen LogP contribution in [0.1, 0.15) is 18.4 Å². The van der Waals surface area contributed by atoms with Gasteiger partial charge in [0.1, 0.15) is 5.82 Å². The van der Waals surface area contributed by atoms with E-state index >= 15 is 0 Å². The number of hydrogen-bond acceptors (Lipinski definition) is 3. The highest BCUT2D eigenvalue weighted by molar-refractivity contribution is 5.81. The Bertz CT molecular complexity index is 395. The molecule has 5 heteroatoms. The number of likely N-dealkylation sites (N-methyl/N-ethyl adjacent to an activating group) is 1. The third-order valence-corrected chi connectivity index (χ3v) is 2.89. The van der Waals surface area contributed by atoms with Gasteiger partial charge >= 0.3 is 0 Å². The highest BCUT2D eigenvalue weighted by Gasteiger charge is 2.17. The maximum Gasteiger partial charge on any atom is 0.239 e. The van der Waals surface area contributed by atoms with Crippen molar-refractivity contribution in [2.24, 2.45) is 5.73 Å². The Labute approximate surface area is 113 Å². The Hall–Kier alpha value is -1.46. The number of benzene rings is 1. The van der Waals surface area contributed by atoms with E-state index in [0.717, 1.165) is 12.0 Å². The van der Waals surface area contributed by atoms with Gasteiger partial charge < -0.3 is 15.4 Å². The number of nitrogens with zero attached hydrogens (tertiary/aromatic N) is 1. The lowest BCUT2D eigenvalue weighted by molar-refractivity contribution is -0.132. The average Bonchev–Trinajstić information content (AvgIpc) is 2.40. The van der Waals surface area contributed by atoms with Gasteiger partial charge in [0.15, 0.2) is 0 Å². The van der Waals surface area contributed by atoms with E-state index in [9.17, 15) is 9.18 Å². The molecule has 0 fully saturated rings. The number of nitrogens with two attached hydrogens (primary N) is 1. The van der Waals surface area contributed by atoms with Crippen molar-refractivity contribution in [1.82, 2.24) is 4.90 Å². The first-order chi connectivity index (χ1) is 9.04. The molecule has 0 aliphatic carbocycles. The van der Waals surface area contributed by atoms with Gasteiger partial charge in [-0.3, -0.25) is 4.79 Å². The van der Waals surface area contributed by atoms with Gasteiger partial charge in [0, 0.05) is 27.3 Å². The molecule has 0 aliphatic rings. The molecule has 0 aromatic heterocycles. The van der Waals surface area contributed by atoms with Crippen LogP contribution >= 0.6 is 0 Å². The zero-order valence-corrected chi connectivity index (χ0v) is 11.4. The summed E-state index contributed by atoms with van der Waals surface area (Å²) in [6.45, 7) is 1.03. The molecule has 0 saturated heterocycles. The van der Waals surface area contributed by atoms with E-state index < -0.39 is 6.04 Å². The molecule has 0 heterocycles. The van der Waals surface area contributed by atoms with Gasteiger partial charge in [-0.15, -0.1) is 0 Å². The fourth-order valence-corrected chi connectivity index (χ4v) is 1.80. The quantitative estimate of drug-likeness (QED) is 0.763. The first-order valence-electron chi connectivity index (χ1n) is 6.28. The number of carbonyl (C=O) groups excluding carboxylic acids is 1. The first-order valence-corrected chi connectivity index (χ1v) is 6.28. The smallest absolute Gasteiger partial charge is 0.239 e. The van der Waals surface area contributed by atoms with Gasteiger partial charge in [-0.05, 0) is 30.5 Å². The molecule has 0 saturated carbocycles. The molecule has 2 N–H and O–H groups in total. The molecule has 1 unspecified atom stereocenters. The molecule has 19 heavy (non-hydrogen) atoms. The van der Waals surface area contributed by atoms with Crippen molar-refractivity contribution in [2.45, 2.75) is 25.4 Å². The lowest BCUT2D eigenvalue weighted by Gasteiger charge is -2.21. The lowest BCUT2D eigenvalue weighted by Crippen LogP contribution is -2.41. The van der Waals surface area contributed by atoms with E-state index in [0.29, 0.717) is 19.6 Å². The van der Waals surface area contributed by atoms with E-state index in [1.807, 2.05) is 0 Å². The fraction of sp³-hybridized carbons (Fsp3) is 0.500. The van der Waals surface area contributed by atoms with Gasteiger partial charge in [-0.1, -0.05) is 12.1 Å². The van der Waals surface area contributed by atoms with Crippen molar-refractivity contribution in [3.8, 4) is 0 Å². The summed E-state index contributed by atoms with van der Waals surface area (Å²) < 4.78 is 17.7. The zero-order chi connectivity index (χ0) is 14.3. The summed E-state index contributed by atoms with van der Waals surface area (Å²) in [5.41, 5.74) is 6.71. The zero-order valence-electron chi connectivity index (χ0n) is 11.4. The number of rotatable bonds is 7. The molecule has 4 nitrogen and oxygen atoms in total. The lowest BCUT2D eigenvalue weighted by atomic mass is 10.1. The highest BCUT2D eigenvalue weighted by Crippen LogP contribution is 2.07. The number of hydrogen-bond donors (Lipinski definition) is 1. The molecule has 106 valence electrons. The number of carbonyl (C=O) groups is 1. The average molecular weight is 268 g/mol. The molecule has 0 radical (unpaired) electrons. The molecule has 1 aromatic carbocycles. The summed E-state index contributed by atoms with van der Waals surface area (Å²) in [6.07, 6.45) is 1.36. The van der Waals surface area contributed by atoms with E-state index in [4.69, 9.17) is 10.5 Å². The molecule has 1 aromatic rings. The number of halogens is 1. The van der Waals surface area contributed by atoms with Crippen LogP contribution in [0.4, 0.5) is 4.39 Å². The van der Waals surface area contributed by atoms with Gasteiger partial charge in [0.2, 0.25) is 5.91 Å². The summed E-state index contributed by atoms with van der Waals surface area (Å²) in [4.78, 5) is 13.6. The minimum absolute atomic E-state index is 0.111. The van der Waals surface area contributed by atoms with Gasteiger partial charge in [-0.2, -0.15) is 0 Å². The standard InChI is InChI=1S/C14H21FN2O2/c1-17(10-11-5-7-12(15)8-6-11)14(18)13(16)4-3-9-19-2/h5-8,13H,3-4,9-10,16H2,1-2H3. The molecule has 1 atom stereocenters. The van der Waals surface area contributed by atoms with Crippen LogP contribution in [0.5, 0.6) is 0 Å². The van der Waals surface area contributed by atoms with Crippen molar-refractivity contribution in [3.05, 3.63) is 35.6 Å². The second-order valence-corrected chi connectivity index (χ2v) is 4.56. The summed E-state index contributed by atoms with van der Waals surface area (Å²) in [7, 11) is 3.32. The first kappa shape index (κ1) is 15.6. The van der Waals surface area contributed by atoms with Gasteiger partial charge in [-0.25, -0.2) is 4.39 Å². The van der Waals surface area contributed by atoms with Crippen LogP contribution in [0.2, 0.25) is 0 Å². The minimum Gasteiger partial charge on any atom is -0.385 e. The molecular formula is C14H21FN2O2. The Balaban J connectivity index is 2.45. The Morgan fingerprint density at radius 2 is 2.05 bits per heavy atom. The van der Waals surface area contributed by atoms with Crippen LogP contribution in [-0.4, -0.2) is 37.6 Å². The third kappa shape index (κ3) is 5.36. The van der Waals surface area contributed by atoms with Crippen LogP contribution in [-0.2, 0) is 16.1 Å². The second-order valence-electron chi connectivity index (χ2n) is 4.56. The Morgan fingerprint density at radius 1 is 1.42 bits per heavy atom. The Morgan fingerprint density at radius 3 is 2.63 bits per heavy atom. The summed E-state index contributed by atoms with van der Waals surface area (Å²) in [6, 6.07) is 5.57. The van der Waals surface area contributed by atoms with Crippen LogP contribution < -0.4 is 5.73 Å². The summed E-state index contributed by atoms with van der Waals surface area (Å²) >= 11 is 0. The topological polar surface area (TPSA) is 55.6 Å².